The normalized spacial score (nSPS) is 18.7. The molecule has 0 aromatic heterocycles. The first-order chi connectivity index (χ1) is 11.5. The van der Waals surface area contributed by atoms with E-state index in [0.717, 1.165) is 0 Å². The van der Waals surface area contributed by atoms with Gasteiger partial charge in [0.05, 0.1) is 13.5 Å². The van der Waals surface area contributed by atoms with Gasteiger partial charge < -0.3 is 24.3 Å². The molecule has 0 bridgehead atoms. The summed E-state index contributed by atoms with van der Waals surface area (Å²) in [7, 11) is 1.58. The molecule has 0 aliphatic carbocycles. The molecule has 1 aromatic carbocycles. The van der Waals surface area contributed by atoms with E-state index in [2.05, 4.69) is 9.89 Å². The van der Waals surface area contributed by atoms with Crippen LogP contribution in [0.2, 0.25) is 0 Å². The number of piperidine rings is 1. The van der Waals surface area contributed by atoms with Gasteiger partial charge in [0, 0.05) is 31.5 Å². The van der Waals surface area contributed by atoms with E-state index in [0.29, 0.717) is 43.7 Å². The fraction of sp³-hybridized carbons (Fsp3) is 0.438. The average molecular weight is 334 g/mol. The Morgan fingerprint density at radius 2 is 1.92 bits per heavy atom. The van der Waals surface area contributed by atoms with Crippen molar-refractivity contribution in [3.05, 3.63) is 29.8 Å². The molecule has 0 atom stereocenters. The molecule has 1 spiro atoms. The predicted molar refractivity (Wildman–Crippen MR) is 83.1 cm³/mol. The SMILES string of the molecule is COc1ccc(C(=O)N2CCC3(CC2)CC(OC(=O)O)=NO3)cc1. The summed E-state index contributed by atoms with van der Waals surface area (Å²) >= 11 is 0. The van der Waals surface area contributed by atoms with Crippen molar-refractivity contribution in [1.82, 2.24) is 4.90 Å². The van der Waals surface area contributed by atoms with Crippen LogP contribution in [0, 0.1) is 0 Å². The van der Waals surface area contributed by atoms with Crippen molar-refractivity contribution in [2.24, 2.45) is 5.16 Å². The van der Waals surface area contributed by atoms with Gasteiger partial charge in [-0.3, -0.25) is 4.79 Å². The lowest BCUT2D eigenvalue weighted by Gasteiger charge is -2.36. The second-order valence-electron chi connectivity index (χ2n) is 5.82. The Labute approximate surface area is 138 Å². The molecule has 0 radical (unpaired) electrons. The van der Waals surface area contributed by atoms with E-state index >= 15 is 0 Å². The Morgan fingerprint density at radius 1 is 1.25 bits per heavy atom. The van der Waals surface area contributed by atoms with Gasteiger partial charge in [0.25, 0.3) is 5.91 Å². The maximum Gasteiger partial charge on any atom is 0.512 e. The highest BCUT2D eigenvalue weighted by Gasteiger charge is 2.44. The van der Waals surface area contributed by atoms with Crippen LogP contribution >= 0.6 is 0 Å². The molecule has 3 rings (SSSR count). The van der Waals surface area contributed by atoms with Crippen LogP contribution in [0.25, 0.3) is 0 Å². The molecule has 1 saturated heterocycles. The number of carbonyl (C=O) groups is 2. The lowest BCUT2D eigenvalue weighted by atomic mass is 9.88. The average Bonchev–Trinajstić information content (AvgIpc) is 2.96. The lowest BCUT2D eigenvalue weighted by molar-refractivity contribution is -0.0568. The van der Waals surface area contributed by atoms with Crippen LogP contribution in [0.4, 0.5) is 4.79 Å². The Kier molecular flexibility index (Phi) is 4.28. The van der Waals surface area contributed by atoms with Crippen LogP contribution in [0.1, 0.15) is 29.6 Å². The third-order valence-electron chi connectivity index (χ3n) is 4.32. The molecular weight excluding hydrogens is 316 g/mol. The number of ether oxygens (including phenoxy) is 2. The van der Waals surface area contributed by atoms with Gasteiger partial charge in [0.2, 0.25) is 5.90 Å². The molecular formula is C16H18N2O6. The summed E-state index contributed by atoms with van der Waals surface area (Å²) in [6, 6.07) is 6.98. The maximum absolute atomic E-state index is 12.5. The highest BCUT2D eigenvalue weighted by molar-refractivity contribution is 5.94. The molecule has 1 amide bonds. The van der Waals surface area contributed by atoms with E-state index in [1.54, 1.807) is 36.3 Å². The summed E-state index contributed by atoms with van der Waals surface area (Å²) in [5, 5.41) is 12.3. The summed E-state index contributed by atoms with van der Waals surface area (Å²) in [6.45, 7) is 1.03. The van der Waals surface area contributed by atoms with Crippen molar-refractivity contribution in [3.8, 4) is 5.75 Å². The first-order valence-corrected chi connectivity index (χ1v) is 7.60. The van der Waals surface area contributed by atoms with Crippen molar-refractivity contribution in [2.75, 3.05) is 20.2 Å². The van der Waals surface area contributed by atoms with Crippen LogP contribution in [0.3, 0.4) is 0 Å². The van der Waals surface area contributed by atoms with Crippen LogP contribution in [0.5, 0.6) is 5.75 Å². The molecule has 8 nitrogen and oxygen atoms in total. The van der Waals surface area contributed by atoms with Gasteiger partial charge in [0.1, 0.15) is 11.4 Å². The fourth-order valence-corrected chi connectivity index (χ4v) is 2.94. The van der Waals surface area contributed by atoms with Gasteiger partial charge in [-0.05, 0) is 24.3 Å². The Morgan fingerprint density at radius 3 is 2.50 bits per heavy atom. The molecule has 1 aromatic rings. The number of benzene rings is 1. The van der Waals surface area contributed by atoms with Gasteiger partial charge in [0.15, 0.2) is 0 Å². The molecule has 2 heterocycles. The van der Waals surface area contributed by atoms with E-state index in [-0.39, 0.29) is 11.8 Å². The summed E-state index contributed by atoms with van der Waals surface area (Å²) in [5.41, 5.74) is 0.0341. The Hall–Kier alpha value is -2.77. The second-order valence-corrected chi connectivity index (χ2v) is 5.82. The van der Waals surface area contributed by atoms with Crippen LogP contribution in [0.15, 0.2) is 29.4 Å². The fourth-order valence-electron chi connectivity index (χ4n) is 2.94. The number of carbonyl (C=O) groups excluding carboxylic acids is 1. The number of rotatable bonds is 2. The van der Waals surface area contributed by atoms with E-state index in [1.807, 2.05) is 0 Å². The van der Waals surface area contributed by atoms with E-state index in [1.165, 1.54) is 0 Å². The molecule has 0 unspecified atom stereocenters. The topological polar surface area (TPSA) is 97.7 Å². The zero-order chi connectivity index (χ0) is 17.2. The monoisotopic (exact) mass is 334 g/mol. The summed E-state index contributed by atoms with van der Waals surface area (Å²) in [6.07, 6.45) is 0.0566. The minimum atomic E-state index is -1.40. The largest absolute Gasteiger partial charge is 0.512 e. The number of hydrogen-bond donors (Lipinski definition) is 1. The van der Waals surface area contributed by atoms with Gasteiger partial charge in [-0.15, -0.1) is 0 Å². The summed E-state index contributed by atoms with van der Waals surface area (Å²) in [5.74, 6) is 0.720. The third-order valence-corrected chi connectivity index (χ3v) is 4.32. The lowest BCUT2D eigenvalue weighted by Crippen LogP contribution is -2.46. The number of nitrogens with zero attached hydrogens (tertiary/aromatic N) is 2. The van der Waals surface area contributed by atoms with Crippen LogP contribution < -0.4 is 4.74 Å². The van der Waals surface area contributed by atoms with Crippen molar-refractivity contribution < 1.29 is 29.0 Å². The van der Waals surface area contributed by atoms with Gasteiger partial charge in [-0.25, -0.2) is 4.79 Å². The van der Waals surface area contributed by atoms with Crippen molar-refractivity contribution >= 4 is 18.0 Å². The molecule has 8 heteroatoms. The molecule has 1 fully saturated rings. The maximum atomic E-state index is 12.5. The van der Waals surface area contributed by atoms with Crippen molar-refractivity contribution in [3.63, 3.8) is 0 Å². The standard InChI is InChI=1S/C16H18N2O6/c1-22-12-4-2-11(3-5-12)14(19)18-8-6-16(7-9-18)10-13(17-24-16)23-15(20)21/h2-5H,6-10H2,1H3,(H,20,21). The van der Waals surface area contributed by atoms with E-state index in [9.17, 15) is 9.59 Å². The number of amides is 1. The molecule has 2 aliphatic heterocycles. The van der Waals surface area contributed by atoms with E-state index < -0.39 is 11.8 Å². The Balaban J connectivity index is 1.57. The van der Waals surface area contributed by atoms with Crippen LogP contribution in [-0.2, 0) is 9.57 Å². The first kappa shape index (κ1) is 16.1. The zero-order valence-corrected chi connectivity index (χ0v) is 13.2. The quantitative estimate of drug-likeness (QED) is 0.832. The molecule has 24 heavy (non-hydrogen) atoms. The first-order valence-electron chi connectivity index (χ1n) is 7.60. The predicted octanol–water partition coefficient (Wildman–Crippen LogP) is 2.10. The van der Waals surface area contributed by atoms with E-state index in [4.69, 9.17) is 14.7 Å². The smallest absolute Gasteiger partial charge is 0.497 e. The molecule has 2 aliphatic rings. The number of hydrogen-bond acceptors (Lipinski definition) is 6. The van der Waals surface area contributed by atoms with Gasteiger partial charge in [-0.1, -0.05) is 5.16 Å². The van der Waals surface area contributed by atoms with Crippen LogP contribution in [-0.4, -0.2) is 53.8 Å². The number of carboxylic acid groups (broad SMARTS) is 1. The van der Waals surface area contributed by atoms with Gasteiger partial charge in [-0.2, -0.15) is 0 Å². The van der Waals surface area contributed by atoms with Crippen molar-refractivity contribution in [1.29, 1.82) is 0 Å². The molecule has 1 N–H and O–H groups in total. The molecule has 128 valence electrons. The second kappa shape index (κ2) is 6.38. The van der Waals surface area contributed by atoms with Gasteiger partial charge >= 0.3 is 6.16 Å². The number of likely N-dealkylation sites (tertiary alicyclic amines) is 1. The molecule has 0 saturated carbocycles. The minimum absolute atomic E-state index is 0.0478. The highest BCUT2D eigenvalue weighted by atomic mass is 16.7. The highest BCUT2D eigenvalue weighted by Crippen LogP contribution is 2.35. The Bertz CT molecular complexity index is 662. The minimum Gasteiger partial charge on any atom is -0.497 e. The zero-order valence-electron chi connectivity index (χ0n) is 13.2. The number of methoxy groups -OCH3 is 1. The third kappa shape index (κ3) is 3.27. The summed E-state index contributed by atoms with van der Waals surface area (Å²) < 4.78 is 9.64. The van der Waals surface area contributed by atoms with Crippen molar-refractivity contribution in [2.45, 2.75) is 24.9 Å². The summed E-state index contributed by atoms with van der Waals surface area (Å²) in [4.78, 5) is 30.2. The number of oxime groups is 1.